The monoisotopic (exact) mass is 403 g/mol. The van der Waals surface area contributed by atoms with Crippen molar-refractivity contribution in [3.8, 4) is 0 Å². The van der Waals surface area contributed by atoms with Crippen molar-refractivity contribution in [2.75, 3.05) is 0 Å². The molecule has 0 saturated carbocycles. The van der Waals surface area contributed by atoms with Crippen LogP contribution in [-0.4, -0.2) is 28.5 Å². The molecule has 2 heterocycles. The normalized spacial score (nSPS) is 13.8. The van der Waals surface area contributed by atoms with Gasteiger partial charge in [-0.25, -0.2) is 0 Å². The first-order valence-electron chi connectivity index (χ1n) is 9.13. The van der Waals surface area contributed by atoms with Gasteiger partial charge in [0.15, 0.2) is 0 Å². The molecule has 4 amide bonds. The molecule has 0 aliphatic carbocycles. The van der Waals surface area contributed by atoms with Crippen molar-refractivity contribution < 1.29 is 23.6 Å². The lowest BCUT2D eigenvalue weighted by molar-refractivity contribution is -0.120. The highest BCUT2D eigenvalue weighted by Crippen LogP contribution is 2.26. The fourth-order valence-corrected chi connectivity index (χ4v) is 3.31. The molecular formula is C22H17N3O5. The van der Waals surface area contributed by atoms with Gasteiger partial charge in [0.05, 0.1) is 23.9 Å². The molecule has 0 saturated heterocycles. The Morgan fingerprint density at radius 1 is 0.967 bits per heavy atom. The number of imide groups is 1. The fraction of sp³-hybridized carbons (Fsp3) is 0.0909. The topological polar surface area (TPSA) is 123 Å². The number of fused-ring (bicyclic) bond motifs is 1. The quantitative estimate of drug-likeness (QED) is 0.610. The molecule has 0 bridgehead atoms. The maximum Gasteiger partial charge on any atom is 0.261 e. The number of furan rings is 1. The molecule has 3 N–H and O–H groups in total. The minimum absolute atomic E-state index is 0.00136. The summed E-state index contributed by atoms with van der Waals surface area (Å²) in [5.41, 5.74) is 6.44. The molecule has 1 aliphatic heterocycles. The van der Waals surface area contributed by atoms with Gasteiger partial charge in [0.25, 0.3) is 17.7 Å². The highest BCUT2D eigenvalue weighted by molar-refractivity contribution is 6.22. The van der Waals surface area contributed by atoms with Gasteiger partial charge in [-0.1, -0.05) is 30.3 Å². The van der Waals surface area contributed by atoms with E-state index in [1.165, 1.54) is 24.5 Å². The number of nitrogens with zero attached hydrogens (tertiary/aromatic N) is 1. The summed E-state index contributed by atoms with van der Waals surface area (Å²) < 4.78 is 5.21. The Balaban J connectivity index is 1.57. The molecule has 150 valence electrons. The van der Waals surface area contributed by atoms with Crippen molar-refractivity contribution in [1.82, 2.24) is 10.2 Å². The summed E-state index contributed by atoms with van der Waals surface area (Å²) in [4.78, 5) is 50.9. The molecular weight excluding hydrogens is 386 g/mol. The molecule has 8 nitrogen and oxygen atoms in total. The highest BCUT2D eigenvalue weighted by atomic mass is 16.3. The Hall–Kier alpha value is -4.20. The van der Waals surface area contributed by atoms with Crippen molar-refractivity contribution in [3.63, 3.8) is 0 Å². The average molecular weight is 403 g/mol. The zero-order valence-electron chi connectivity index (χ0n) is 15.7. The summed E-state index contributed by atoms with van der Waals surface area (Å²) in [5.74, 6) is -1.82. The summed E-state index contributed by atoms with van der Waals surface area (Å²) in [5, 5.41) is 2.58. The van der Waals surface area contributed by atoms with Gasteiger partial charge in [-0.2, -0.15) is 0 Å². The third kappa shape index (κ3) is 3.46. The van der Waals surface area contributed by atoms with Crippen LogP contribution in [0, 0.1) is 0 Å². The van der Waals surface area contributed by atoms with Crippen LogP contribution in [0.3, 0.4) is 0 Å². The highest BCUT2D eigenvalue weighted by Gasteiger charge is 2.36. The Morgan fingerprint density at radius 3 is 2.37 bits per heavy atom. The Labute approximate surface area is 171 Å². The average Bonchev–Trinajstić information content (AvgIpc) is 3.35. The molecule has 3 aromatic rings. The lowest BCUT2D eigenvalue weighted by Crippen LogP contribution is -2.37. The van der Waals surface area contributed by atoms with Gasteiger partial charge in [-0.3, -0.25) is 24.1 Å². The molecule has 0 spiro atoms. The second kappa shape index (κ2) is 7.67. The van der Waals surface area contributed by atoms with E-state index in [1.807, 2.05) is 0 Å². The van der Waals surface area contributed by atoms with Gasteiger partial charge in [0, 0.05) is 5.56 Å². The van der Waals surface area contributed by atoms with Crippen molar-refractivity contribution in [3.05, 3.63) is 94.9 Å². The number of carbonyl (C=O) groups excluding carboxylic acids is 4. The molecule has 8 heteroatoms. The van der Waals surface area contributed by atoms with Gasteiger partial charge in [0.1, 0.15) is 11.8 Å². The van der Waals surface area contributed by atoms with Gasteiger partial charge >= 0.3 is 0 Å². The summed E-state index contributed by atoms with van der Waals surface area (Å²) in [6, 6.07) is 15.1. The van der Waals surface area contributed by atoms with Crippen LogP contribution < -0.4 is 11.1 Å². The number of hydrogen-bond acceptors (Lipinski definition) is 5. The number of nitrogens with one attached hydrogen (secondary N) is 1. The maximum atomic E-state index is 12.7. The molecule has 1 unspecified atom stereocenters. The molecule has 1 aromatic heterocycles. The summed E-state index contributed by atoms with van der Waals surface area (Å²) in [6.07, 6.45) is 1.46. The molecule has 0 radical (unpaired) electrons. The van der Waals surface area contributed by atoms with Crippen molar-refractivity contribution in [2.45, 2.75) is 12.6 Å². The summed E-state index contributed by atoms with van der Waals surface area (Å²) in [7, 11) is 0. The first kappa shape index (κ1) is 19.1. The fourth-order valence-electron chi connectivity index (χ4n) is 3.31. The number of carbonyl (C=O) groups is 4. The van der Waals surface area contributed by atoms with Gasteiger partial charge < -0.3 is 15.5 Å². The van der Waals surface area contributed by atoms with Gasteiger partial charge in [-0.15, -0.1) is 0 Å². The van der Waals surface area contributed by atoms with E-state index >= 15 is 0 Å². The van der Waals surface area contributed by atoms with Crippen molar-refractivity contribution in [1.29, 1.82) is 0 Å². The minimum Gasteiger partial charge on any atom is -0.467 e. The lowest BCUT2D eigenvalue weighted by atomic mass is 10.0. The second-order valence-corrected chi connectivity index (χ2v) is 6.76. The molecule has 2 aromatic carbocycles. The number of rotatable bonds is 6. The zero-order valence-corrected chi connectivity index (χ0v) is 15.7. The van der Waals surface area contributed by atoms with Crippen LogP contribution in [0.15, 0.2) is 71.3 Å². The minimum atomic E-state index is -1.03. The van der Waals surface area contributed by atoms with E-state index in [4.69, 9.17) is 10.2 Å². The van der Waals surface area contributed by atoms with E-state index in [0.29, 0.717) is 11.3 Å². The van der Waals surface area contributed by atoms with E-state index in [0.717, 1.165) is 4.90 Å². The number of amides is 4. The Morgan fingerprint density at radius 2 is 1.70 bits per heavy atom. The van der Waals surface area contributed by atoms with E-state index < -0.39 is 29.7 Å². The Kier molecular flexibility index (Phi) is 4.89. The van der Waals surface area contributed by atoms with Crippen LogP contribution in [0.2, 0.25) is 0 Å². The molecule has 0 fully saturated rings. The first-order chi connectivity index (χ1) is 14.5. The number of primary amides is 1. The van der Waals surface area contributed by atoms with Crippen molar-refractivity contribution >= 4 is 23.6 Å². The van der Waals surface area contributed by atoms with Crippen LogP contribution in [0.1, 0.15) is 48.4 Å². The smallest absolute Gasteiger partial charge is 0.261 e. The molecule has 1 aliphatic rings. The van der Waals surface area contributed by atoms with E-state index in [2.05, 4.69) is 5.32 Å². The SMILES string of the molecule is NC(=O)C(NC(=O)c1ccc2c(c1)C(=O)N(Cc1ccco1)C2=O)c1ccccc1. The lowest BCUT2D eigenvalue weighted by Gasteiger charge is -2.16. The van der Waals surface area contributed by atoms with E-state index in [1.54, 1.807) is 42.5 Å². The van der Waals surface area contributed by atoms with E-state index in [9.17, 15) is 19.2 Å². The molecule has 4 rings (SSSR count). The van der Waals surface area contributed by atoms with Crippen LogP contribution in [0.4, 0.5) is 0 Å². The summed E-state index contributed by atoms with van der Waals surface area (Å²) >= 11 is 0. The molecule has 1 atom stereocenters. The van der Waals surface area contributed by atoms with Crippen molar-refractivity contribution in [2.24, 2.45) is 5.73 Å². The van der Waals surface area contributed by atoms with Crippen LogP contribution in [0.25, 0.3) is 0 Å². The Bertz CT molecular complexity index is 1140. The largest absolute Gasteiger partial charge is 0.467 e. The van der Waals surface area contributed by atoms with E-state index in [-0.39, 0.29) is 23.2 Å². The predicted molar refractivity (Wildman–Crippen MR) is 105 cm³/mol. The first-order valence-corrected chi connectivity index (χ1v) is 9.13. The number of benzene rings is 2. The third-order valence-corrected chi connectivity index (χ3v) is 4.82. The molecule has 30 heavy (non-hydrogen) atoms. The van der Waals surface area contributed by atoms with Crippen LogP contribution in [-0.2, 0) is 11.3 Å². The van der Waals surface area contributed by atoms with Gasteiger partial charge in [-0.05, 0) is 35.9 Å². The second-order valence-electron chi connectivity index (χ2n) is 6.76. The zero-order chi connectivity index (χ0) is 21.3. The standard InChI is InChI=1S/C22H17N3O5/c23-19(26)18(13-5-2-1-3-6-13)24-20(27)14-8-9-16-17(11-14)22(29)25(21(16)28)12-15-7-4-10-30-15/h1-11,18H,12H2,(H2,23,26)(H,24,27). The number of nitrogens with two attached hydrogens (primary N) is 1. The predicted octanol–water partition coefficient (Wildman–Crippen LogP) is 2.03. The van der Waals surface area contributed by atoms with Crippen LogP contribution >= 0.6 is 0 Å². The maximum absolute atomic E-state index is 12.7. The summed E-state index contributed by atoms with van der Waals surface area (Å²) in [6.45, 7) is -0.00136. The van der Waals surface area contributed by atoms with Crippen LogP contribution in [0.5, 0.6) is 0 Å². The number of hydrogen-bond donors (Lipinski definition) is 2. The van der Waals surface area contributed by atoms with Gasteiger partial charge in [0.2, 0.25) is 5.91 Å². The third-order valence-electron chi connectivity index (χ3n) is 4.82.